The van der Waals surface area contributed by atoms with Crippen molar-refractivity contribution in [3.05, 3.63) is 24.0 Å². The van der Waals surface area contributed by atoms with Gasteiger partial charge in [-0.15, -0.1) is 0 Å². The van der Waals surface area contributed by atoms with Crippen LogP contribution in [0.25, 0.3) is 0 Å². The lowest BCUT2D eigenvalue weighted by Gasteiger charge is -2.31. The Morgan fingerprint density at radius 1 is 1.44 bits per heavy atom. The summed E-state index contributed by atoms with van der Waals surface area (Å²) in [6.45, 7) is 0.961. The lowest BCUT2D eigenvalue weighted by atomic mass is 9.97. The molecular formula is C12H16N4O2. The number of piperidine rings is 1. The molecule has 1 unspecified atom stereocenters. The number of nitrogen functional groups attached to an aromatic ring is 1. The van der Waals surface area contributed by atoms with E-state index in [0.717, 1.165) is 12.8 Å². The Bertz CT molecular complexity index is 475. The Hall–Kier alpha value is -2.11. The van der Waals surface area contributed by atoms with Gasteiger partial charge in [0.05, 0.1) is 11.6 Å². The van der Waals surface area contributed by atoms with Crippen LogP contribution in [0.15, 0.2) is 18.3 Å². The van der Waals surface area contributed by atoms with E-state index in [9.17, 15) is 9.59 Å². The van der Waals surface area contributed by atoms with Crippen LogP contribution in [0, 0.1) is 5.92 Å². The molecule has 6 heteroatoms. The molecule has 6 nitrogen and oxygen atoms in total. The molecule has 0 aliphatic carbocycles. The van der Waals surface area contributed by atoms with Gasteiger partial charge in [0, 0.05) is 19.3 Å². The van der Waals surface area contributed by atoms with E-state index in [2.05, 4.69) is 4.98 Å². The molecule has 0 saturated carbocycles. The van der Waals surface area contributed by atoms with Crippen molar-refractivity contribution in [1.82, 2.24) is 9.88 Å². The van der Waals surface area contributed by atoms with Crippen LogP contribution in [0.2, 0.25) is 0 Å². The van der Waals surface area contributed by atoms with E-state index in [1.54, 1.807) is 17.0 Å². The molecule has 1 aliphatic rings. The van der Waals surface area contributed by atoms with Gasteiger partial charge in [-0.25, -0.2) is 4.98 Å². The Morgan fingerprint density at radius 2 is 2.22 bits per heavy atom. The summed E-state index contributed by atoms with van der Waals surface area (Å²) in [6.07, 6.45) is 3.03. The fraction of sp³-hybridized carbons (Fsp3) is 0.417. The van der Waals surface area contributed by atoms with Crippen LogP contribution >= 0.6 is 0 Å². The molecule has 2 rings (SSSR count). The molecule has 0 aromatic carbocycles. The minimum Gasteiger partial charge on any atom is -0.397 e. The number of rotatable bonds is 2. The first-order valence-electron chi connectivity index (χ1n) is 5.88. The minimum absolute atomic E-state index is 0.237. The van der Waals surface area contributed by atoms with E-state index >= 15 is 0 Å². The number of carbonyl (C=O) groups excluding carboxylic acids is 2. The van der Waals surface area contributed by atoms with Crippen LogP contribution < -0.4 is 11.5 Å². The van der Waals surface area contributed by atoms with E-state index in [1.807, 2.05) is 0 Å². The van der Waals surface area contributed by atoms with E-state index < -0.39 is 0 Å². The number of nitrogens with two attached hydrogens (primary N) is 2. The van der Waals surface area contributed by atoms with Crippen LogP contribution in [0.4, 0.5) is 5.69 Å². The number of nitrogens with zero attached hydrogens (tertiary/aromatic N) is 2. The predicted octanol–water partition coefficient (Wildman–Crippen LogP) is 0.00130. The number of aromatic nitrogens is 1. The highest BCUT2D eigenvalue weighted by molar-refractivity contribution is 5.97. The van der Waals surface area contributed by atoms with E-state index in [0.29, 0.717) is 18.8 Å². The van der Waals surface area contributed by atoms with Crippen molar-refractivity contribution in [3.63, 3.8) is 0 Å². The molecule has 96 valence electrons. The zero-order chi connectivity index (χ0) is 13.1. The average Bonchev–Trinajstić information content (AvgIpc) is 2.38. The molecule has 18 heavy (non-hydrogen) atoms. The van der Waals surface area contributed by atoms with E-state index in [1.165, 1.54) is 6.20 Å². The van der Waals surface area contributed by atoms with Gasteiger partial charge in [0.1, 0.15) is 0 Å². The Balaban J connectivity index is 2.14. The van der Waals surface area contributed by atoms with Gasteiger partial charge in [-0.1, -0.05) is 0 Å². The van der Waals surface area contributed by atoms with Crippen LogP contribution in [-0.4, -0.2) is 34.8 Å². The molecule has 2 heterocycles. The van der Waals surface area contributed by atoms with E-state index in [-0.39, 0.29) is 23.4 Å². The van der Waals surface area contributed by atoms with Crippen LogP contribution in [0.3, 0.4) is 0 Å². The first-order chi connectivity index (χ1) is 8.59. The van der Waals surface area contributed by atoms with Crippen molar-refractivity contribution in [2.24, 2.45) is 11.7 Å². The number of pyridine rings is 1. The molecule has 1 aliphatic heterocycles. The van der Waals surface area contributed by atoms with Crippen LogP contribution in [-0.2, 0) is 4.79 Å². The summed E-state index contributed by atoms with van der Waals surface area (Å²) in [4.78, 5) is 29.0. The normalized spacial score (nSPS) is 19.6. The fourth-order valence-corrected chi connectivity index (χ4v) is 2.14. The Kier molecular flexibility index (Phi) is 3.45. The van der Waals surface area contributed by atoms with Crippen molar-refractivity contribution in [1.29, 1.82) is 0 Å². The topological polar surface area (TPSA) is 102 Å². The number of likely N-dealkylation sites (tertiary alicyclic amines) is 1. The summed E-state index contributed by atoms with van der Waals surface area (Å²) in [5.74, 6) is -0.867. The second-order valence-corrected chi connectivity index (χ2v) is 4.43. The number of hydrogen-bond donors (Lipinski definition) is 2. The van der Waals surface area contributed by atoms with Crippen molar-refractivity contribution < 1.29 is 9.59 Å². The molecule has 1 aromatic rings. The summed E-state index contributed by atoms with van der Waals surface area (Å²) >= 11 is 0. The zero-order valence-electron chi connectivity index (χ0n) is 10.0. The highest BCUT2D eigenvalue weighted by Gasteiger charge is 2.28. The molecule has 1 saturated heterocycles. The van der Waals surface area contributed by atoms with Gasteiger partial charge in [-0.3, -0.25) is 9.59 Å². The summed E-state index contributed by atoms with van der Waals surface area (Å²) in [6, 6.07) is 3.31. The summed E-state index contributed by atoms with van der Waals surface area (Å²) in [5.41, 5.74) is 11.6. The van der Waals surface area contributed by atoms with Crippen molar-refractivity contribution in [2.75, 3.05) is 18.8 Å². The zero-order valence-corrected chi connectivity index (χ0v) is 10.0. The first-order valence-corrected chi connectivity index (χ1v) is 5.88. The second kappa shape index (κ2) is 5.03. The highest BCUT2D eigenvalue weighted by atomic mass is 16.2. The number of primary amides is 1. The number of anilines is 1. The quantitative estimate of drug-likeness (QED) is 0.769. The largest absolute Gasteiger partial charge is 0.397 e. The minimum atomic E-state index is -0.360. The maximum absolute atomic E-state index is 12.2. The monoisotopic (exact) mass is 248 g/mol. The van der Waals surface area contributed by atoms with Gasteiger partial charge in [-0.05, 0) is 25.0 Å². The third-order valence-electron chi connectivity index (χ3n) is 3.15. The molecule has 4 N–H and O–H groups in total. The van der Waals surface area contributed by atoms with Crippen LogP contribution in [0.1, 0.15) is 23.3 Å². The molecule has 2 amide bonds. The van der Waals surface area contributed by atoms with Crippen molar-refractivity contribution in [2.45, 2.75) is 12.8 Å². The van der Waals surface area contributed by atoms with Crippen molar-refractivity contribution in [3.8, 4) is 0 Å². The number of hydrogen-bond acceptors (Lipinski definition) is 4. The van der Waals surface area contributed by atoms with Gasteiger partial charge in [-0.2, -0.15) is 0 Å². The molecule has 0 radical (unpaired) electrons. The van der Waals surface area contributed by atoms with E-state index in [4.69, 9.17) is 11.5 Å². The van der Waals surface area contributed by atoms with Gasteiger partial charge in [0.15, 0.2) is 5.69 Å². The van der Waals surface area contributed by atoms with Gasteiger partial charge in [0.2, 0.25) is 5.91 Å². The van der Waals surface area contributed by atoms with Gasteiger partial charge in [0.25, 0.3) is 5.91 Å². The molecule has 1 atom stereocenters. The molecule has 0 spiro atoms. The molecule has 0 bridgehead atoms. The fourth-order valence-electron chi connectivity index (χ4n) is 2.14. The number of carbonyl (C=O) groups is 2. The van der Waals surface area contributed by atoms with Gasteiger partial charge < -0.3 is 16.4 Å². The maximum atomic E-state index is 12.2. The lowest BCUT2D eigenvalue weighted by Crippen LogP contribution is -2.44. The average molecular weight is 248 g/mol. The molecule has 1 fully saturated rings. The summed E-state index contributed by atoms with van der Waals surface area (Å²) in [7, 11) is 0. The molecular weight excluding hydrogens is 232 g/mol. The smallest absolute Gasteiger partial charge is 0.274 e. The Morgan fingerprint density at radius 3 is 2.89 bits per heavy atom. The lowest BCUT2D eigenvalue weighted by molar-refractivity contribution is -0.123. The summed E-state index contributed by atoms with van der Waals surface area (Å²) in [5, 5.41) is 0. The first kappa shape index (κ1) is 12.3. The second-order valence-electron chi connectivity index (χ2n) is 4.43. The van der Waals surface area contributed by atoms with Gasteiger partial charge >= 0.3 is 0 Å². The highest BCUT2D eigenvalue weighted by Crippen LogP contribution is 2.19. The predicted molar refractivity (Wildman–Crippen MR) is 66.5 cm³/mol. The SMILES string of the molecule is NC(=O)C1CCCN(C(=O)c2ncccc2N)C1. The maximum Gasteiger partial charge on any atom is 0.274 e. The van der Waals surface area contributed by atoms with Crippen LogP contribution in [0.5, 0.6) is 0 Å². The standard InChI is InChI=1S/C12H16N4O2/c13-9-4-1-5-15-10(9)12(18)16-6-2-3-8(7-16)11(14)17/h1,4-5,8H,2-3,6-7,13H2,(H2,14,17). The number of amides is 2. The van der Waals surface area contributed by atoms with Crippen molar-refractivity contribution >= 4 is 17.5 Å². The molecule has 1 aromatic heterocycles. The third kappa shape index (κ3) is 2.42. The Labute approximate surface area is 105 Å². The third-order valence-corrected chi connectivity index (χ3v) is 3.15. The summed E-state index contributed by atoms with van der Waals surface area (Å²) < 4.78 is 0.